The molecule has 0 saturated heterocycles. The molecule has 1 aliphatic rings. The highest BCUT2D eigenvalue weighted by atomic mass is 16.5. The zero-order valence-corrected chi connectivity index (χ0v) is 15.5. The molecule has 5 heteroatoms. The molecule has 0 saturated carbocycles. The Morgan fingerprint density at radius 2 is 2.00 bits per heavy atom. The summed E-state index contributed by atoms with van der Waals surface area (Å²) in [5, 5.41) is 6.51. The van der Waals surface area contributed by atoms with Crippen LogP contribution in [-0.2, 0) is 11.2 Å². The fraction of sp³-hybridized carbons (Fsp3) is 0.381. The Morgan fingerprint density at radius 3 is 2.77 bits per heavy atom. The van der Waals surface area contributed by atoms with Crippen molar-refractivity contribution in [2.24, 2.45) is 0 Å². The third-order valence-electron chi connectivity index (χ3n) is 4.79. The molecule has 2 unspecified atom stereocenters. The number of ether oxygens (including phenoxy) is 2. The zero-order valence-electron chi connectivity index (χ0n) is 15.5. The van der Waals surface area contributed by atoms with Crippen LogP contribution in [0, 0.1) is 0 Å². The van der Waals surface area contributed by atoms with Gasteiger partial charge in [0.05, 0.1) is 19.9 Å². The van der Waals surface area contributed by atoms with Crippen molar-refractivity contribution >= 4 is 11.6 Å². The second-order valence-electron chi connectivity index (χ2n) is 6.68. The normalized spacial score (nSPS) is 16.7. The molecule has 0 aromatic heterocycles. The topological polar surface area (TPSA) is 59.6 Å². The van der Waals surface area contributed by atoms with Crippen LogP contribution < -0.4 is 20.1 Å². The molecule has 3 rings (SSSR count). The maximum absolute atomic E-state index is 12.5. The van der Waals surface area contributed by atoms with Crippen LogP contribution in [-0.4, -0.2) is 26.2 Å². The molecule has 2 N–H and O–H groups in total. The van der Waals surface area contributed by atoms with Crippen LogP contribution in [0.5, 0.6) is 11.5 Å². The highest BCUT2D eigenvalue weighted by Crippen LogP contribution is 2.32. The minimum Gasteiger partial charge on any atom is -0.497 e. The average molecular weight is 354 g/mol. The van der Waals surface area contributed by atoms with E-state index in [0.29, 0.717) is 29.6 Å². The number of rotatable bonds is 7. The molecule has 26 heavy (non-hydrogen) atoms. The molecule has 2 atom stereocenters. The first-order valence-corrected chi connectivity index (χ1v) is 8.96. The zero-order chi connectivity index (χ0) is 18.5. The van der Waals surface area contributed by atoms with Crippen LogP contribution in [0.15, 0.2) is 42.5 Å². The summed E-state index contributed by atoms with van der Waals surface area (Å²) in [4.78, 5) is 12.5. The maximum atomic E-state index is 12.5. The fourth-order valence-electron chi connectivity index (χ4n) is 3.52. The highest BCUT2D eigenvalue weighted by Gasteiger charge is 2.23. The summed E-state index contributed by atoms with van der Waals surface area (Å²) >= 11 is 0. The number of carbonyl (C=O) groups excluding carboxylic acids is 1. The van der Waals surface area contributed by atoms with E-state index >= 15 is 0 Å². The first-order chi connectivity index (χ1) is 12.6. The number of aryl methyl sites for hydroxylation is 1. The summed E-state index contributed by atoms with van der Waals surface area (Å²) in [6, 6.07) is 14.3. The van der Waals surface area contributed by atoms with E-state index in [1.165, 1.54) is 11.1 Å². The van der Waals surface area contributed by atoms with E-state index in [4.69, 9.17) is 9.47 Å². The van der Waals surface area contributed by atoms with Gasteiger partial charge in [-0.1, -0.05) is 24.3 Å². The molecule has 5 nitrogen and oxygen atoms in total. The van der Waals surface area contributed by atoms with E-state index in [1.807, 2.05) is 6.92 Å². The Labute approximate surface area is 154 Å². The Kier molecular flexibility index (Phi) is 5.78. The summed E-state index contributed by atoms with van der Waals surface area (Å²) in [6.45, 7) is 2.04. The molecule has 2 aromatic carbocycles. The quantitative estimate of drug-likeness (QED) is 0.796. The highest BCUT2D eigenvalue weighted by molar-refractivity contribution is 5.92. The number of nitrogens with one attached hydrogen (secondary N) is 2. The number of benzene rings is 2. The number of carbonyl (C=O) groups is 1. The molecule has 0 aliphatic heterocycles. The number of methoxy groups -OCH3 is 2. The standard InChI is InChI=1S/C21H26N2O3/c1-14(22-18-10-8-15-6-4-5-7-17(15)18)12-21(24)23-19-13-16(25-2)9-11-20(19)26-3/h4-7,9,11,13-14,18,22H,8,10,12H2,1-3H3,(H,23,24). The Bertz CT molecular complexity index is 776. The lowest BCUT2D eigenvalue weighted by Crippen LogP contribution is -2.33. The lowest BCUT2D eigenvalue weighted by molar-refractivity contribution is -0.116. The van der Waals surface area contributed by atoms with Gasteiger partial charge in [-0.15, -0.1) is 0 Å². The van der Waals surface area contributed by atoms with Crippen LogP contribution >= 0.6 is 0 Å². The van der Waals surface area contributed by atoms with Gasteiger partial charge >= 0.3 is 0 Å². The molecular formula is C21H26N2O3. The van der Waals surface area contributed by atoms with E-state index in [9.17, 15) is 4.79 Å². The lowest BCUT2D eigenvalue weighted by atomic mass is 10.1. The molecule has 0 fully saturated rings. The van der Waals surface area contributed by atoms with Crippen molar-refractivity contribution in [3.8, 4) is 11.5 Å². The molecule has 1 amide bonds. The molecule has 0 spiro atoms. The number of anilines is 1. The van der Waals surface area contributed by atoms with Gasteiger partial charge in [-0.05, 0) is 43.0 Å². The van der Waals surface area contributed by atoms with Gasteiger partial charge in [0.2, 0.25) is 5.91 Å². The van der Waals surface area contributed by atoms with E-state index in [1.54, 1.807) is 32.4 Å². The first kappa shape index (κ1) is 18.3. The van der Waals surface area contributed by atoms with Crippen LogP contribution in [0.3, 0.4) is 0 Å². The predicted octanol–water partition coefficient (Wildman–Crippen LogP) is 3.70. The van der Waals surface area contributed by atoms with E-state index < -0.39 is 0 Å². The summed E-state index contributed by atoms with van der Waals surface area (Å²) in [5.74, 6) is 1.24. The number of hydrogen-bond acceptors (Lipinski definition) is 4. The van der Waals surface area contributed by atoms with Crippen LogP contribution in [0.4, 0.5) is 5.69 Å². The third kappa shape index (κ3) is 4.17. The molecule has 0 heterocycles. The van der Waals surface area contributed by atoms with E-state index in [2.05, 4.69) is 34.9 Å². The van der Waals surface area contributed by atoms with Crippen molar-refractivity contribution < 1.29 is 14.3 Å². The van der Waals surface area contributed by atoms with E-state index in [-0.39, 0.29) is 11.9 Å². The Morgan fingerprint density at radius 1 is 1.19 bits per heavy atom. The predicted molar refractivity (Wildman–Crippen MR) is 103 cm³/mol. The van der Waals surface area contributed by atoms with Crippen molar-refractivity contribution in [1.29, 1.82) is 0 Å². The summed E-state index contributed by atoms with van der Waals surface area (Å²) in [5.41, 5.74) is 3.38. The SMILES string of the molecule is COc1ccc(OC)c(NC(=O)CC(C)NC2CCc3ccccc32)c1. The molecule has 1 aliphatic carbocycles. The van der Waals surface area contributed by atoms with Crippen molar-refractivity contribution in [3.05, 3.63) is 53.6 Å². The second-order valence-corrected chi connectivity index (χ2v) is 6.68. The monoisotopic (exact) mass is 354 g/mol. The fourth-order valence-corrected chi connectivity index (χ4v) is 3.52. The van der Waals surface area contributed by atoms with Gasteiger partial charge in [0.15, 0.2) is 0 Å². The van der Waals surface area contributed by atoms with Gasteiger partial charge < -0.3 is 20.1 Å². The Balaban J connectivity index is 1.58. The number of fused-ring (bicyclic) bond motifs is 1. The van der Waals surface area contributed by atoms with Gasteiger partial charge in [0.1, 0.15) is 11.5 Å². The second kappa shape index (κ2) is 8.23. The summed E-state index contributed by atoms with van der Waals surface area (Å²) in [7, 11) is 3.18. The van der Waals surface area contributed by atoms with Crippen molar-refractivity contribution in [3.63, 3.8) is 0 Å². The van der Waals surface area contributed by atoms with E-state index in [0.717, 1.165) is 12.8 Å². The van der Waals surface area contributed by atoms with Crippen molar-refractivity contribution in [2.75, 3.05) is 19.5 Å². The summed E-state index contributed by atoms with van der Waals surface area (Å²) < 4.78 is 10.5. The molecule has 0 bridgehead atoms. The van der Waals surface area contributed by atoms with Crippen molar-refractivity contribution in [1.82, 2.24) is 5.32 Å². The number of amides is 1. The van der Waals surface area contributed by atoms with Crippen LogP contribution in [0.2, 0.25) is 0 Å². The van der Waals surface area contributed by atoms with Crippen molar-refractivity contribution in [2.45, 2.75) is 38.3 Å². The number of hydrogen-bond donors (Lipinski definition) is 2. The van der Waals surface area contributed by atoms with Gasteiger partial charge in [-0.25, -0.2) is 0 Å². The van der Waals surface area contributed by atoms with Gasteiger partial charge in [-0.2, -0.15) is 0 Å². The van der Waals surface area contributed by atoms with Gasteiger partial charge in [-0.3, -0.25) is 4.79 Å². The van der Waals surface area contributed by atoms with Gasteiger partial charge in [0.25, 0.3) is 0 Å². The molecular weight excluding hydrogens is 328 g/mol. The largest absolute Gasteiger partial charge is 0.497 e. The minimum atomic E-state index is -0.0529. The lowest BCUT2D eigenvalue weighted by Gasteiger charge is -2.20. The van der Waals surface area contributed by atoms with Crippen LogP contribution in [0.25, 0.3) is 0 Å². The molecule has 0 radical (unpaired) electrons. The van der Waals surface area contributed by atoms with Crippen LogP contribution in [0.1, 0.15) is 36.9 Å². The summed E-state index contributed by atoms with van der Waals surface area (Å²) in [6.07, 6.45) is 2.56. The van der Waals surface area contributed by atoms with Gasteiger partial charge in [0, 0.05) is 24.6 Å². The molecule has 2 aromatic rings. The third-order valence-corrected chi connectivity index (χ3v) is 4.79. The Hall–Kier alpha value is -2.53. The average Bonchev–Trinajstić information content (AvgIpc) is 3.04. The molecule has 138 valence electrons. The maximum Gasteiger partial charge on any atom is 0.226 e. The minimum absolute atomic E-state index is 0.0529. The smallest absolute Gasteiger partial charge is 0.226 e. The first-order valence-electron chi connectivity index (χ1n) is 8.96.